The Hall–Kier alpha value is -0.170. The molecule has 0 aromatic rings. The number of hydrogen-bond acceptors (Lipinski definition) is 3. The van der Waals surface area contributed by atoms with Crippen molar-refractivity contribution in [2.75, 3.05) is 27.2 Å². The highest BCUT2D eigenvalue weighted by Crippen LogP contribution is 2.10. The Labute approximate surface area is 93.4 Å². The number of rotatable bonds is 7. The van der Waals surface area contributed by atoms with Gasteiger partial charge in [-0.1, -0.05) is 6.92 Å². The summed E-state index contributed by atoms with van der Waals surface area (Å²) >= 11 is 0. The number of nitrogens with zero attached hydrogens (tertiary/aromatic N) is 2. The lowest BCUT2D eigenvalue weighted by Crippen LogP contribution is -2.44. The van der Waals surface area contributed by atoms with Crippen molar-refractivity contribution in [3.05, 3.63) is 0 Å². The highest BCUT2D eigenvalue weighted by Gasteiger charge is 2.26. The fraction of sp³-hybridized carbons (Fsp3) is 1.00. The van der Waals surface area contributed by atoms with Crippen LogP contribution in [-0.4, -0.2) is 50.3 Å². The third kappa shape index (κ3) is 4.06. The fourth-order valence-corrected chi connectivity index (χ4v) is 2.54. The summed E-state index contributed by atoms with van der Waals surface area (Å²) in [5.41, 5.74) is 5.35. The summed E-state index contributed by atoms with van der Waals surface area (Å²) in [7, 11) is -0.111. The molecule has 0 saturated heterocycles. The highest BCUT2D eigenvalue weighted by molar-refractivity contribution is 7.86. The van der Waals surface area contributed by atoms with Crippen LogP contribution >= 0.6 is 0 Å². The van der Waals surface area contributed by atoms with Crippen molar-refractivity contribution in [3.63, 3.8) is 0 Å². The Kier molecular flexibility index (Phi) is 6.35. The summed E-state index contributed by atoms with van der Waals surface area (Å²) in [5, 5.41) is 0. The molecule has 0 aromatic heterocycles. The van der Waals surface area contributed by atoms with Gasteiger partial charge in [-0.3, -0.25) is 0 Å². The number of hydrogen-bond donors (Lipinski definition) is 1. The molecule has 0 rings (SSSR count). The Morgan fingerprint density at radius 3 is 2.27 bits per heavy atom. The molecule has 0 spiro atoms. The van der Waals surface area contributed by atoms with Crippen LogP contribution in [0.4, 0.5) is 0 Å². The molecule has 0 aliphatic heterocycles. The molecule has 0 aliphatic carbocycles. The molecule has 92 valence electrons. The highest BCUT2D eigenvalue weighted by atomic mass is 32.2. The lowest BCUT2D eigenvalue weighted by molar-refractivity contribution is 0.338. The monoisotopic (exact) mass is 237 g/mol. The van der Waals surface area contributed by atoms with E-state index in [2.05, 4.69) is 0 Å². The molecular formula is C9H23N3O2S. The van der Waals surface area contributed by atoms with Crippen molar-refractivity contribution in [1.29, 1.82) is 0 Å². The van der Waals surface area contributed by atoms with Crippen molar-refractivity contribution in [2.24, 2.45) is 5.73 Å². The smallest absolute Gasteiger partial charge is 0.281 e. The van der Waals surface area contributed by atoms with Gasteiger partial charge in [0.05, 0.1) is 0 Å². The Morgan fingerprint density at radius 1 is 1.33 bits per heavy atom. The van der Waals surface area contributed by atoms with E-state index in [1.807, 2.05) is 13.8 Å². The van der Waals surface area contributed by atoms with Gasteiger partial charge in [0, 0.05) is 26.7 Å². The molecule has 6 heteroatoms. The molecule has 0 fully saturated rings. The molecule has 2 N–H and O–H groups in total. The largest absolute Gasteiger partial charge is 0.330 e. The molecule has 0 saturated carbocycles. The molecule has 0 amide bonds. The molecule has 0 aromatic carbocycles. The van der Waals surface area contributed by atoms with E-state index in [1.54, 1.807) is 14.1 Å². The second-order valence-corrected chi connectivity index (χ2v) is 5.84. The first-order valence-electron chi connectivity index (χ1n) is 5.27. The van der Waals surface area contributed by atoms with Gasteiger partial charge in [0.2, 0.25) is 0 Å². The second kappa shape index (κ2) is 6.42. The van der Waals surface area contributed by atoms with Gasteiger partial charge in [0.1, 0.15) is 0 Å². The normalized spacial score (nSPS) is 14.9. The third-order valence-electron chi connectivity index (χ3n) is 2.65. The zero-order valence-electron chi connectivity index (χ0n) is 10.1. The summed E-state index contributed by atoms with van der Waals surface area (Å²) in [5.74, 6) is 0. The first-order chi connectivity index (χ1) is 6.87. The van der Waals surface area contributed by atoms with E-state index in [4.69, 9.17) is 5.73 Å². The van der Waals surface area contributed by atoms with Gasteiger partial charge in [0.25, 0.3) is 10.2 Å². The first-order valence-corrected chi connectivity index (χ1v) is 6.67. The van der Waals surface area contributed by atoms with E-state index in [-0.39, 0.29) is 6.04 Å². The van der Waals surface area contributed by atoms with Crippen LogP contribution in [0.1, 0.15) is 26.7 Å². The average Bonchev–Trinajstić information content (AvgIpc) is 2.23. The average molecular weight is 237 g/mol. The summed E-state index contributed by atoms with van der Waals surface area (Å²) in [6.07, 6.45) is 1.49. The summed E-state index contributed by atoms with van der Waals surface area (Å²) in [6, 6.07) is 0.0235. The SMILES string of the molecule is CCC(C)N(C)S(=O)(=O)N(C)CCCN. The van der Waals surface area contributed by atoms with E-state index >= 15 is 0 Å². The first kappa shape index (κ1) is 14.8. The van der Waals surface area contributed by atoms with Gasteiger partial charge < -0.3 is 5.73 Å². The lowest BCUT2D eigenvalue weighted by atomic mass is 10.3. The van der Waals surface area contributed by atoms with Crippen LogP contribution < -0.4 is 5.73 Å². The fourth-order valence-electron chi connectivity index (χ4n) is 1.13. The van der Waals surface area contributed by atoms with Crippen LogP contribution in [0.3, 0.4) is 0 Å². The van der Waals surface area contributed by atoms with Crippen LogP contribution in [0.25, 0.3) is 0 Å². The summed E-state index contributed by atoms with van der Waals surface area (Å²) in [4.78, 5) is 0. The van der Waals surface area contributed by atoms with Crippen LogP contribution in [-0.2, 0) is 10.2 Å². The van der Waals surface area contributed by atoms with Gasteiger partial charge in [-0.05, 0) is 26.3 Å². The van der Waals surface area contributed by atoms with Crippen molar-refractivity contribution in [3.8, 4) is 0 Å². The Morgan fingerprint density at radius 2 is 1.87 bits per heavy atom. The van der Waals surface area contributed by atoms with E-state index in [0.717, 1.165) is 6.42 Å². The topological polar surface area (TPSA) is 66.6 Å². The lowest BCUT2D eigenvalue weighted by Gasteiger charge is -2.28. The molecule has 1 atom stereocenters. The molecule has 15 heavy (non-hydrogen) atoms. The summed E-state index contributed by atoms with van der Waals surface area (Å²) < 4.78 is 26.7. The minimum atomic E-state index is -3.31. The predicted octanol–water partition coefficient (Wildman–Crippen LogP) is 0.242. The zero-order chi connectivity index (χ0) is 12.1. The maximum absolute atomic E-state index is 11.9. The standard InChI is InChI=1S/C9H23N3O2S/c1-5-9(2)12(4)15(13,14)11(3)8-6-7-10/h9H,5-8,10H2,1-4H3. The molecule has 0 aliphatic rings. The quantitative estimate of drug-likeness (QED) is 0.690. The van der Waals surface area contributed by atoms with Crippen LogP contribution in [0, 0.1) is 0 Å². The van der Waals surface area contributed by atoms with Crippen LogP contribution in [0.15, 0.2) is 0 Å². The Balaban J connectivity index is 4.52. The zero-order valence-corrected chi connectivity index (χ0v) is 10.9. The maximum atomic E-state index is 11.9. The predicted molar refractivity (Wildman–Crippen MR) is 62.7 cm³/mol. The van der Waals surface area contributed by atoms with Crippen molar-refractivity contribution >= 4 is 10.2 Å². The second-order valence-electron chi connectivity index (χ2n) is 3.75. The van der Waals surface area contributed by atoms with Gasteiger partial charge in [0.15, 0.2) is 0 Å². The minimum absolute atomic E-state index is 0.0235. The molecule has 5 nitrogen and oxygen atoms in total. The van der Waals surface area contributed by atoms with E-state index in [1.165, 1.54) is 8.61 Å². The molecule has 0 bridgehead atoms. The number of nitrogens with two attached hydrogens (primary N) is 1. The van der Waals surface area contributed by atoms with E-state index < -0.39 is 10.2 Å². The molecule has 1 unspecified atom stereocenters. The summed E-state index contributed by atoms with van der Waals surface area (Å²) in [6.45, 7) is 4.84. The van der Waals surface area contributed by atoms with Gasteiger partial charge in [-0.15, -0.1) is 0 Å². The minimum Gasteiger partial charge on any atom is -0.330 e. The molecule has 0 radical (unpaired) electrons. The Bertz CT molecular complexity index is 267. The molecular weight excluding hydrogens is 214 g/mol. The van der Waals surface area contributed by atoms with Crippen LogP contribution in [0.2, 0.25) is 0 Å². The van der Waals surface area contributed by atoms with E-state index in [9.17, 15) is 8.42 Å². The third-order valence-corrected chi connectivity index (χ3v) is 4.70. The van der Waals surface area contributed by atoms with Gasteiger partial charge >= 0.3 is 0 Å². The van der Waals surface area contributed by atoms with Crippen LogP contribution in [0.5, 0.6) is 0 Å². The van der Waals surface area contributed by atoms with Gasteiger partial charge in [-0.2, -0.15) is 17.0 Å². The van der Waals surface area contributed by atoms with Gasteiger partial charge in [-0.25, -0.2) is 0 Å². The maximum Gasteiger partial charge on any atom is 0.281 e. The van der Waals surface area contributed by atoms with Crippen molar-refractivity contribution in [1.82, 2.24) is 8.61 Å². The molecule has 0 heterocycles. The van der Waals surface area contributed by atoms with E-state index in [0.29, 0.717) is 19.5 Å². The van der Waals surface area contributed by atoms with Crippen molar-refractivity contribution in [2.45, 2.75) is 32.7 Å². The van der Waals surface area contributed by atoms with Crippen molar-refractivity contribution < 1.29 is 8.42 Å².